The van der Waals surface area contributed by atoms with Gasteiger partial charge >= 0.3 is 12.0 Å². The molecule has 16 heavy (non-hydrogen) atoms. The summed E-state index contributed by atoms with van der Waals surface area (Å²) in [5.41, 5.74) is 0. The summed E-state index contributed by atoms with van der Waals surface area (Å²) in [6.45, 7) is 4.18. The van der Waals surface area contributed by atoms with Gasteiger partial charge in [-0.15, -0.1) is 0 Å². The van der Waals surface area contributed by atoms with E-state index < -0.39 is 18.0 Å². The smallest absolute Gasteiger partial charge is 0.325 e. The molecule has 0 fully saturated rings. The molecule has 0 bridgehead atoms. The number of carboxylic acid groups (broad SMARTS) is 1. The Hall–Kier alpha value is -1.26. The minimum Gasteiger partial charge on any atom is -0.480 e. The molecule has 1 atom stereocenters. The van der Waals surface area contributed by atoms with Crippen LogP contribution in [0.1, 0.15) is 46.0 Å². The van der Waals surface area contributed by atoms with Gasteiger partial charge in [0.05, 0.1) is 0 Å². The molecule has 0 spiro atoms. The molecule has 0 aliphatic heterocycles. The van der Waals surface area contributed by atoms with Crippen molar-refractivity contribution in [3.8, 4) is 0 Å². The fourth-order valence-corrected chi connectivity index (χ4v) is 1.24. The van der Waals surface area contributed by atoms with Crippen LogP contribution in [0.25, 0.3) is 0 Å². The number of hydrogen-bond acceptors (Lipinski definition) is 2. The number of aliphatic carboxylic acids is 1. The Bertz CT molecular complexity index is 219. The molecule has 94 valence electrons. The van der Waals surface area contributed by atoms with Gasteiger partial charge < -0.3 is 15.7 Å². The summed E-state index contributed by atoms with van der Waals surface area (Å²) < 4.78 is 0. The average Bonchev–Trinajstić information content (AvgIpc) is 2.23. The van der Waals surface area contributed by atoms with Crippen LogP contribution in [0.15, 0.2) is 0 Å². The number of amides is 2. The summed E-state index contributed by atoms with van der Waals surface area (Å²) in [6.07, 6.45) is 5.65. The maximum Gasteiger partial charge on any atom is 0.325 e. The van der Waals surface area contributed by atoms with Crippen molar-refractivity contribution in [1.29, 1.82) is 0 Å². The minimum atomic E-state index is -1.03. The van der Waals surface area contributed by atoms with E-state index in [1.54, 1.807) is 0 Å². The van der Waals surface area contributed by atoms with Crippen molar-refractivity contribution in [3.05, 3.63) is 0 Å². The first-order chi connectivity index (χ1) is 7.57. The molecule has 0 aromatic rings. The lowest BCUT2D eigenvalue weighted by Gasteiger charge is -2.10. The molecule has 0 saturated carbocycles. The van der Waals surface area contributed by atoms with Crippen molar-refractivity contribution in [2.45, 2.75) is 52.0 Å². The first kappa shape index (κ1) is 14.7. The molecule has 0 heterocycles. The van der Waals surface area contributed by atoms with E-state index >= 15 is 0 Å². The second-order valence-electron chi connectivity index (χ2n) is 3.87. The zero-order chi connectivity index (χ0) is 12.4. The van der Waals surface area contributed by atoms with Crippen molar-refractivity contribution in [1.82, 2.24) is 10.6 Å². The molecule has 5 nitrogen and oxygen atoms in total. The average molecular weight is 230 g/mol. The third-order valence-electron chi connectivity index (χ3n) is 2.28. The number of rotatable bonds is 8. The SMILES string of the molecule is CCCCCCCNC(=O)NC(C)C(=O)O. The minimum absolute atomic E-state index is 0.412. The zero-order valence-electron chi connectivity index (χ0n) is 10.1. The van der Waals surface area contributed by atoms with Crippen LogP contribution >= 0.6 is 0 Å². The van der Waals surface area contributed by atoms with Crippen LogP contribution in [0.4, 0.5) is 4.79 Å². The Morgan fingerprint density at radius 1 is 1.19 bits per heavy atom. The quantitative estimate of drug-likeness (QED) is 0.556. The molecular formula is C11H22N2O3. The molecule has 5 heteroatoms. The number of urea groups is 1. The van der Waals surface area contributed by atoms with Crippen molar-refractivity contribution in [2.75, 3.05) is 6.54 Å². The highest BCUT2D eigenvalue weighted by atomic mass is 16.4. The first-order valence-corrected chi connectivity index (χ1v) is 5.85. The van der Waals surface area contributed by atoms with Crippen molar-refractivity contribution in [3.63, 3.8) is 0 Å². The number of carboxylic acids is 1. The monoisotopic (exact) mass is 230 g/mol. The highest BCUT2D eigenvalue weighted by Crippen LogP contribution is 2.00. The van der Waals surface area contributed by atoms with Gasteiger partial charge in [-0.3, -0.25) is 4.79 Å². The van der Waals surface area contributed by atoms with E-state index in [1.165, 1.54) is 26.2 Å². The van der Waals surface area contributed by atoms with Crippen molar-refractivity contribution < 1.29 is 14.7 Å². The van der Waals surface area contributed by atoms with Crippen LogP contribution in [0, 0.1) is 0 Å². The zero-order valence-corrected chi connectivity index (χ0v) is 10.1. The van der Waals surface area contributed by atoms with E-state index in [2.05, 4.69) is 17.6 Å². The van der Waals surface area contributed by atoms with Crippen LogP contribution < -0.4 is 10.6 Å². The van der Waals surface area contributed by atoms with E-state index in [4.69, 9.17) is 5.11 Å². The summed E-state index contributed by atoms with van der Waals surface area (Å²) >= 11 is 0. The van der Waals surface area contributed by atoms with E-state index in [-0.39, 0.29) is 0 Å². The maximum absolute atomic E-state index is 11.2. The summed E-state index contributed by atoms with van der Waals surface area (Å²) in [4.78, 5) is 21.6. The Balaban J connectivity index is 3.40. The van der Waals surface area contributed by atoms with Crippen LogP contribution in [-0.2, 0) is 4.79 Å². The van der Waals surface area contributed by atoms with E-state index in [0.717, 1.165) is 12.8 Å². The number of unbranched alkanes of at least 4 members (excludes halogenated alkanes) is 4. The summed E-state index contributed by atoms with van der Waals surface area (Å²) in [5.74, 6) is -1.03. The molecule has 0 saturated heterocycles. The van der Waals surface area contributed by atoms with Gasteiger partial charge in [0, 0.05) is 6.54 Å². The molecule has 0 aliphatic rings. The molecule has 0 aromatic carbocycles. The third kappa shape index (κ3) is 8.08. The Morgan fingerprint density at radius 3 is 2.38 bits per heavy atom. The Kier molecular flexibility index (Phi) is 8.29. The summed E-state index contributed by atoms with van der Waals surface area (Å²) in [5, 5.41) is 13.5. The van der Waals surface area contributed by atoms with Gasteiger partial charge in [-0.05, 0) is 13.3 Å². The van der Waals surface area contributed by atoms with Gasteiger partial charge in [0.1, 0.15) is 6.04 Å². The Morgan fingerprint density at radius 2 is 1.81 bits per heavy atom. The number of carbonyl (C=O) groups is 2. The number of nitrogens with one attached hydrogen (secondary N) is 2. The maximum atomic E-state index is 11.2. The summed E-state index contributed by atoms with van der Waals surface area (Å²) in [6, 6.07) is -1.26. The number of carbonyl (C=O) groups excluding carboxylic acids is 1. The van der Waals surface area contributed by atoms with Gasteiger partial charge in [0.2, 0.25) is 0 Å². The van der Waals surface area contributed by atoms with Crippen LogP contribution in [-0.4, -0.2) is 29.7 Å². The molecular weight excluding hydrogens is 208 g/mol. The van der Waals surface area contributed by atoms with Crippen LogP contribution in [0.5, 0.6) is 0 Å². The molecule has 0 aliphatic carbocycles. The van der Waals surface area contributed by atoms with Gasteiger partial charge in [0.15, 0.2) is 0 Å². The molecule has 0 radical (unpaired) electrons. The lowest BCUT2D eigenvalue weighted by molar-refractivity contribution is -0.138. The first-order valence-electron chi connectivity index (χ1n) is 5.85. The third-order valence-corrected chi connectivity index (χ3v) is 2.28. The second kappa shape index (κ2) is 9.00. The van der Waals surface area contributed by atoms with Gasteiger partial charge in [-0.2, -0.15) is 0 Å². The normalized spacial score (nSPS) is 11.9. The molecule has 2 amide bonds. The Labute approximate surface area is 96.6 Å². The highest BCUT2D eigenvalue weighted by Gasteiger charge is 2.12. The van der Waals surface area contributed by atoms with Crippen molar-refractivity contribution in [2.24, 2.45) is 0 Å². The van der Waals surface area contributed by atoms with E-state index in [0.29, 0.717) is 6.54 Å². The van der Waals surface area contributed by atoms with Crippen molar-refractivity contribution >= 4 is 12.0 Å². The lowest BCUT2D eigenvalue weighted by Crippen LogP contribution is -2.44. The van der Waals surface area contributed by atoms with Crippen LogP contribution in [0.3, 0.4) is 0 Å². The van der Waals surface area contributed by atoms with Gasteiger partial charge in [-0.25, -0.2) is 4.79 Å². The standard InChI is InChI=1S/C11H22N2O3/c1-3-4-5-6-7-8-12-11(16)13-9(2)10(14)15/h9H,3-8H2,1-2H3,(H,14,15)(H2,12,13,16). The predicted molar refractivity (Wildman–Crippen MR) is 62.4 cm³/mol. The van der Waals surface area contributed by atoms with E-state index in [1.807, 2.05) is 0 Å². The van der Waals surface area contributed by atoms with Gasteiger partial charge in [-0.1, -0.05) is 32.6 Å². The fourth-order valence-electron chi connectivity index (χ4n) is 1.24. The van der Waals surface area contributed by atoms with Crippen LogP contribution in [0.2, 0.25) is 0 Å². The highest BCUT2D eigenvalue weighted by molar-refractivity contribution is 5.82. The number of hydrogen-bond donors (Lipinski definition) is 3. The lowest BCUT2D eigenvalue weighted by atomic mass is 10.1. The fraction of sp³-hybridized carbons (Fsp3) is 0.818. The second-order valence-corrected chi connectivity index (χ2v) is 3.87. The van der Waals surface area contributed by atoms with Gasteiger partial charge in [0.25, 0.3) is 0 Å². The largest absolute Gasteiger partial charge is 0.480 e. The molecule has 0 aromatic heterocycles. The summed E-state index contributed by atoms with van der Waals surface area (Å²) in [7, 11) is 0. The predicted octanol–water partition coefficient (Wildman–Crippen LogP) is 1.73. The topological polar surface area (TPSA) is 78.4 Å². The van der Waals surface area contributed by atoms with E-state index in [9.17, 15) is 9.59 Å². The molecule has 1 unspecified atom stereocenters. The molecule has 0 rings (SSSR count). The molecule has 3 N–H and O–H groups in total.